The Balaban J connectivity index is 1.86. The van der Waals surface area contributed by atoms with Crippen LogP contribution in [0.15, 0.2) is 36.9 Å². The quantitative estimate of drug-likeness (QED) is 0.688. The van der Waals surface area contributed by atoms with Gasteiger partial charge in [-0.05, 0) is 18.2 Å². The zero-order valence-electron chi connectivity index (χ0n) is 13.5. The van der Waals surface area contributed by atoms with Gasteiger partial charge in [0.05, 0.1) is 13.4 Å². The molecule has 0 unspecified atom stereocenters. The molecule has 0 aliphatic heterocycles. The van der Waals surface area contributed by atoms with Gasteiger partial charge in [-0.3, -0.25) is 9.59 Å². The maximum absolute atomic E-state index is 12.4. The third-order valence-electron chi connectivity index (χ3n) is 3.56. The van der Waals surface area contributed by atoms with Gasteiger partial charge >= 0.3 is 0 Å². The van der Waals surface area contributed by atoms with E-state index in [1.54, 1.807) is 28.8 Å². The first-order valence-electron chi connectivity index (χ1n) is 7.48. The van der Waals surface area contributed by atoms with Crippen molar-refractivity contribution in [3.63, 3.8) is 0 Å². The van der Waals surface area contributed by atoms with Crippen molar-refractivity contribution >= 4 is 28.8 Å². The Morgan fingerprint density at radius 1 is 1.28 bits per heavy atom. The number of amides is 2. The van der Waals surface area contributed by atoms with E-state index in [0.717, 1.165) is 0 Å². The molecule has 3 rings (SSSR count). The lowest BCUT2D eigenvalue weighted by molar-refractivity contribution is -0.118. The van der Waals surface area contributed by atoms with Crippen molar-refractivity contribution in [1.29, 1.82) is 0 Å². The van der Waals surface area contributed by atoms with Crippen LogP contribution in [0.5, 0.6) is 5.75 Å². The molecule has 3 aromatic rings. The summed E-state index contributed by atoms with van der Waals surface area (Å²) >= 11 is 0. The lowest BCUT2D eigenvalue weighted by Crippen LogP contribution is -2.14. The van der Waals surface area contributed by atoms with Crippen LogP contribution >= 0.6 is 0 Å². The molecule has 0 fully saturated rings. The number of rotatable bonds is 6. The summed E-state index contributed by atoms with van der Waals surface area (Å²) < 4.78 is 6.80. The second-order valence-corrected chi connectivity index (χ2v) is 5.23. The van der Waals surface area contributed by atoms with Crippen LogP contribution in [0.4, 0.5) is 5.82 Å². The molecule has 0 saturated heterocycles. The number of hydrogen-bond acceptors (Lipinski definition) is 6. The fourth-order valence-corrected chi connectivity index (χ4v) is 2.31. The van der Waals surface area contributed by atoms with E-state index in [-0.39, 0.29) is 18.1 Å². The number of aryl methyl sites for hydroxylation is 1. The number of carbonyl (C=O) groups excluding carboxylic acids is 2. The summed E-state index contributed by atoms with van der Waals surface area (Å²) in [6.07, 6.45) is 3.02. The molecule has 128 valence electrons. The predicted octanol–water partition coefficient (Wildman–Crippen LogP) is 0.963. The summed E-state index contributed by atoms with van der Waals surface area (Å²) in [5.41, 5.74) is 6.54. The van der Waals surface area contributed by atoms with Gasteiger partial charge in [0, 0.05) is 18.5 Å². The minimum Gasteiger partial charge on any atom is -0.497 e. The number of aromatic nitrogens is 4. The minimum atomic E-state index is -0.414. The number of imidazole rings is 1. The standard InChI is InChI=1S/C16H16N6O3/c1-25-11-4-2-3-10(7-11)16(24)21-14-13-15(19-8-18-14)22(9-20-13)6-5-12(17)23/h2-4,7-9H,5-6H2,1H3,(H2,17,23)(H,18,19,21,24). The number of nitrogens with two attached hydrogens (primary N) is 1. The van der Waals surface area contributed by atoms with Crippen LogP contribution in [0.25, 0.3) is 11.2 Å². The van der Waals surface area contributed by atoms with E-state index in [9.17, 15) is 9.59 Å². The molecule has 0 spiro atoms. The van der Waals surface area contributed by atoms with E-state index >= 15 is 0 Å². The summed E-state index contributed by atoms with van der Waals surface area (Å²) in [7, 11) is 1.53. The van der Waals surface area contributed by atoms with Crippen molar-refractivity contribution in [2.24, 2.45) is 5.73 Å². The highest BCUT2D eigenvalue weighted by molar-refractivity contribution is 6.06. The number of ether oxygens (including phenoxy) is 1. The van der Waals surface area contributed by atoms with Gasteiger partial charge in [-0.15, -0.1) is 0 Å². The summed E-state index contributed by atoms with van der Waals surface area (Å²) in [5.74, 6) is 0.111. The highest BCUT2D eigenvalue weighted by Crippen LogP contribution is 2.19. The monoisotopic (exact) mass is 340 g/mol. The van der Waals surface area contributed by atoms with Crippen molar-refractivity contribution in [2.75, 3.05) is 12.4 Å². The summed E-state index contributed by atoms with van der Waals surface area (Å²) in [5, 5.41) is 2.72. The lowest BCUT2D eigenvalue weighted by atomic mass is 10.2. The van der Waals surface area contributed by atoms with Crippen molar-refractivity contribution in [3.05, 3.63) is 42.5 Å². The van der Waals surface area contributed by atoms with Crippen LogP contribution in [-0.2, 0) is 11.3 Å². The number of hydrogen-bond donors (Lipinski definition) is 2. The van der Waals surface area contributed by atoms with E-state index in [0.29, 0.717) is 29.0 Å². The molecule has 0 aliphatic carbocycles. The van der Waals surface area contributed by atoms with Crippen LogP contribution in [-0.4, -0.2) is 38.4 Å². The maximum Gasteiger partial charge on any atom is 0.257 e. The van der Waals surface area contributed by atoms with Crippen molar-refractivity contribution in [3.8, 4) is 5.75 Å². The largest absolute Gasteiger partial charge is 0.497 e. The van der Waals surface area contributed by atoms with Gasteiger partial charge in [0.25, 0.3) is 5.91 Å². The molecule has 2 heterocycles. The summed E-state index contributed by atoms with van der Waals surface area (Å²) in [6, 6.07) is 6.77. The molecule has 9 nitrogen and oxygen atoms in total. The minimum absolute atomic E-state index is 0.168. The summed E-state index contributed by atoms with van der Waals surface area (Å²) in [6.45, 7) is 0.353. The van der Waals surface area contributed by atoms with Crippen LogP contribution in [0.3, 0.4) is 0 Å². The third-order valence-corrected chi connectivity index (χ3v) is 3.56. The molecular weight excluding hydrogens is 324 g/mol. The number of anilines is 1. The number of primary amides is 1. The van der Waals surface area contributed by atoms with Gasteiger partial charge in [-0.25, -0.2) is 15.0 Å². The third kappa shape index (κ3) is 3.55. The smallest absolute Gasteiger partial charge is 0.257 e. The van der Waals surface area contributed by atoms with Crippen LogP contribution < -0.4 is 15.8 Å². The van der Waals surface area contributed by atoms with Gasteiger partial charge in [-0.2, -0.15) is 0 Å². The average Bonchev–Trinajstić information content (AvgIpc) is 3.04. The summed E-state index contributed by atoms with van der Waals surface area (Å²) in [4.78, 5) is 35.8. The van der Waals surface area contributed by atoms with E-state index in [4.69, 9.17) is 10.5 Å². The zero-order chi connectivity index (χ0) is 17.8. The molecular formula is C16H16N6O3. The second-order valence-electron chi connectivity index (χ2n) is 5.23. The predicted molar refractivity (Wildman–Crippen MR) is 90.1 cm³/mol. The molecule has 0 aliphatic rings. The highest BCUT2D eigenvalue weighted by Gasteiger charge is 2.14. The van der Waals surface area contributed by atoms with Gasteiger partial charge in [0.1, 0.15) is 12.1 Å². The molecule has 2 amide bonds. The SMILES string of the molecule is COc1cccc(C(=O)Nc2ncnc3c2ncn3CCC(N)=O)c1. The Hall–Kier alpha value is -3.49. The van der Waals surface area contributed by atoms with Gasteiger partial charge in [-0.1, -0.05) is 6.07 Å². The maximum atomic E-state index is 12.4. The van der Waals surface area contributed by atoms with Gasteiger partial charge in [0.2, 0.25) is 5.91 Å². The molecule has 1 aromatic carbocycles. The lowest BCUT2D eigenvalue weighted by Gasteiger charge is -2.07. The van der Waals surface area contributed by atoms with E-state index in [2.05, 4.69) is 20.3 Å². The molecule has 0 bridgehead atoms. The van der Waals surface area contributed by atoms with Crippen LogP contribution in [0.2, 0.25) is 0 Å². The number of fused-ring (bicyclic) bond motifs is 1. The first-order valence-corrected chi connectivity index (χ1v) is 7.48. The van der Waals surface area contributed by atoms with Crippen molar-refractivity contribution < 1.29 is 14.3 Å². The van der Waals surface area contributed by atoms with E-state index in [1.807, 2.05) is 0 Å². The Labute approximate surface area is 142 Å². The normalized spacial score (nSPS) is 10.6. The Kier molecular flexibility index (Phi) is 4.55. The fourth-order valence-electron chi connectivity index (χ4n) is 2.31. The molecule has 3 N–H and O–H groups in total. The average molecular weight is 340 g/mol. The molecule has 0 radical (unpaired) electrons. The van der Waals surface area contributed by atoms with E-state index < -0.39 is 5.91 Å². The Morgan fingerprint density at radius 2 is 2.12 bits per heavy atom. The second kappa shape index (κ2) is 6.95. The molecule has 0 atom stereocenters. The number of nitrogens with zero attached hydrogens (tertiary/aromatic N) is 4. The number of benzene rings is 1. The fraction of sp³-hybridized carbons (Fsp3) is 0.188. The van der Waals surface area contributed by atoms with Gasteiger partial charge < -0.3 is 20.4 Å². The molecule has 2 aromatic heterocycles. The first kappa shape index (κ1) is 16.4. The zero-order valence-corrected chi connectivity index (χ0v) is 13.5. The van der Waals surface area contributed by atoms with Crippen molar-refractivity contribution in [1.82, 2.24) is 19.5 Å². The Morgan fingerprint density at radius 3 is 2.88 bits per heavy atom. The highest BCUT2D eigenvalue weighted by atomic mass is 16.5. The van der Waals surface area contributed by atoms with Gasteiger partial charge in [0.15, 0.2) is 17.0 Å². The first-order chi connectivity index (χ1) is 12.1. The van der Waals surface area contributed by atoms with E-state index in [1.165, 1.54) is 19.8 Å². The van der Waals surface area contributed by atoms with Crippen LogP contribution in [0, 0.1) is 0 Å². The molecule has 9 heteroatoms. The van der Waals surface area contributed by atoms with Crippen molar-refractivity contribution in [2.45, 2.75) is 13.0 Å². The number of nitrogens with one attached hydrogen (secondary N) is 1. The molecule has 25 heavy (non-hydrogen) atoms. The number of methoxy groups -OCH3 is 1. The van der Waals surface area contributed by atoms with Crippen LogP contribution in [0.1, 0.15) is 16.8 Å². The number of carbonyl (C=O) groups is 2. The topological polar surface area (TPSA) is 125 Å². The molecule has 0 saturated carbocycles. The Bertz CT molecular complexity index is 937.